The molecule has 1 aromatic heterocycles. The maximum atomic E-state index is 11.6. The van der Waals surface area contributed by atoms with E-state index in [-0.39, 0.29) is 5.91 Å². The molecular formula is C8H9N2OS. The van der Waals surface area contributed by atoms with Gasteiger partial charge in [-0.2, -0.15) is 0 Å². The fourth-order valence-electron chi connectivity index (χ4n) is 1.36. The standard InChI is InChI=1S/C8H9N2OS/c11-8(7-5-9-6-12-7)10-3-1-2-4-10/h5H,1-4H2. The summed E-state index contributed by atoms with van der Waals surface area (Å²) in [7, 11) is 0. The molecule has 1 fully saturated rings. The number of carbonyl (C=O) groups excluding carboxylic acids is 1. The van der Waals surface area contributed by atoms with Gasteiger partial charge in [-0.05, 0) is 12.8 Å². The predicted octanol–water partition coefficient (Wildman–Crippen LogP) is 1.18. The van der Waals surface area contributed by atoms with Gasteiger partial charge in [0, 0.05) is 13.1 Å². The van der Waals surface area contributed by atoms with Crippen molar-refractivity contribution in [3.05, 3.63) is 16.6 Å². The summed E-state index contributed by atoms with van der Waals surface area (Å²) < 4.78 is 0. The van der Waals surface area contributed by atoms with Gasteiger partial charge in [0.15, 0.2) is 5.51 Å². The highest BCUT2D eigenvalue weighted by molar-refractivity contribution is 7.11. The molecular weight excluding hydrogens is 172 g/mol. The SMILES string of the molecule is O=C(c1cn[c]s1)N1CCCC1. The molecule has 1 aliphatic heterocycles. The molecule has 1 aliphatic rings. The van der Waals surface area contributed by atoms with Crippen molar-refractivity contribution in [2.75, 3.05) is 13.1 Å². The normalized spacial score (nSPS) is 16.8. The van der Waals surface area contributed by atoms with Crippen LogP contribution in [-0.2, 0) is 0 Å². The number of thiazole rings is 1. The first-order chi connectivity index (χ1) is 5.88. The summed E-state index contributed by atoms with van der Waals surface area (Å²) in [5, 5.41) is 0. The molecule has 1 amide bonds. The maximum absolute atomic E-state index is 11.6. The zero-order chi connectivity index (χ0) is 8.39. The second kappa shape index (κ2) is 3.23. The maximum Gasteiger partial charge on any atom is 0.265 e. The van der Waals surface area contributed by atoms with Crippen LogP contribution in [0.5, 0.6) is 0 Å². The first-order valence-corrected chi connectivity index (χ1v) is 4.81. The third kappa shape index (κ3) is 1.34. The average Bonchev–Trinajstić information content (AvgIpc) is 2.77. The number of hydrogen-bond donors (Lipinski definition) is 0. The Hall–Kier alpha value is -0.900. The number of hydrogen-bond acceptors (Lipinski definition) is 3. The van der Waals surface area contributed by atoms with Crippen LogP contribution in [-0.4, -0.2) is 28.9 Å². The van der Waals surface area contributed by atoms with Crippen LogP contribution >= 0.6 is 11.3 Å². The molecule has 2 heterocycles. The van der Waals surface area contributed by atoms with Crippen molar-refractivity contribution in [3.8, 4) is 0 Å². The van der Waals surface area contributed by atoms with E-state index in [1.54, 1.807) is 6.20 Å². The molecule has 4 heteroatoms. The third-order valence-electron chi connectivity index (χ3n) is 1.99. The lowest BCUT2D eigenvalue weighted by Gasteiger charge is -2.12. The van der Waals surface area contributed by atoms with Crippen molar-refractivity contribution in [2.45, 2.75) is 12.8 Å². The molecule has 0 N–H and O–H groups in total. The minimum Gasteiger partial charge on any atom is -0.338 e. The van der Waals surface area contributed by atoms with Gasteiger partial charge in [-0.3, -0.25) is 4.79 Å². The van der Waals surface area contributed by atoms with E-state index in [1.807, 2.05) is 4.90 Å². The summed E-state index contributed by atoms with van der Waals surface area (Å²) in [6.45, 7) is 1.80. The molecule has 0 spiro atoms. The molecule has 0 unspecified atom stereocenters. The van der Waals surface area contributed by atoms with Crippen molar-refractivity contribution < 1.29 is 4.79 Å². The second-order valence-electron chi connectivity index (χ2n) is 2.82. The molecule has 3 nitrogen and oxygen atoms in total. The molecule has 1 radical (unpaired) electrons. The lowest BCUT2D eigenvalue weighted by molar-refractivity contribution is 0.0797. The summed E-state index contributed by atoms with van der Waals surface area (Å²) in [5.74, 6) is 0.117. The van der Waals surface area contributed by atoms with E-state index in [0.29, 0.717) is 4.88 Å². The highest BCUT2D eigenvalue weighted by atomic mass is 32.1. The van der Waals surface area contributed by atoms with Gasteiger partial charge in [-0.15, -0.1) is 11.3 Å². The van der Waals surface area contributed by atoms with Crippen LogP contribution < -0.4 is 0 Å². The summed E-state index contributed by atoms with van der Waals surface area (Å²) in [5.41, 5.74) is 2.68. The highest BCUT2D eigenvalue weighted by Gasteiger charge is 2.20. The Balaban J connectivity index is 2.09. The monoisotopic (exact) mass is 181 g/mol. The molecule has 2 rings (SSSR count). The van der Waals surface area contributed by atoms with E-state index in [2.05, 4.69) is 10.5 Å². The van der Waals surface area contributed by atoms with Gasteiger partial charge in [0.05, 0.1) is 6.20 Å². The second-order valence-corrected chi connectivity index (χ2v) is 3.64. The van der Waals surface area contributed by atoms with Crippen molar-refractivity contribution >= 4 is 17.2 Å². The first kappa shape index (κ1) is 7.73. The zero-order valence-corrected chi connectivity index (χ0v) is 7.43. The molecule has 1 saturated heterocycles. The van der Waals surface area contributed by atoms with E-state index in [9.17, 15) is 4.79 Å². The molecule has 0 aromatic carbocycles. The van der Waals surface area contributed by atoms with Gasteiger partial charge in [0.25, 0.3) is 5.91 Å². The fraction of sp³-hybridized carbons (Fsp3) is 0.500. The van der Waals surface area contributed by atoms with Crippen molar-refractivity contribution in [1.82, 2.24) is 9.88 Å². The minimum absolute atomic E-state index is 0.117. The van der Waals surface area contributed by atoms with Crippen molar-refractivity contribution in [2.24, 2.45) is 0 Å². The minimum atomic E-state index is 0.117. The third-order valence-corrected chi connectivity index (χ3v) is 2.69. The van der Waals surface area contributed by atoms with E-state index in [0.717, 1.165) is 25.9 Å². The van der Waals surface area contributed by atoms with Crippen LogP contribution in [0.15, 0.2) is 6.20 Å². The zero-order valence-electron chi connectivity index (χ0n) is 6.62. The smallest absolute Gasteiger partial charge is 0.265 e. The lowest BCUT2D eigenvalue weighted by atomic mass is 10.4. The van der Waals surface area contributed by atoms with Crippen LogP contribution in [0, 0.1) is 5.51 Å². The van der Waals surface area contributed by atoms with Gasteiger partial charge >= 0.3 is 0 Å². The molecule has 0 saturated carbocycles. The average molecular weight is 181 g/mol. The highest BCUT2D eigenvalue weighted by Crippen LogP contribution is 2.14. The molecule has 0 bridgehead atoms. The number of nitrogens with zero attached hydrogens (tertiary/aromatic N) is 2. The van der Waals surface area contributed by atoms with Crippen LogP contribution in [0.3, 0.4) is 0 Å². The van der Waals surface area contributed by atoms with Gasteiger partial charge in [-0.25, -0.2) is 4.98 Å². The summed E-state index contributed by atoms with van der Waals surface area (Å²) >= 11 is 1.29. The van der Waals surface area contributed by atoms with Gasteiger partial charge < -0.3 is 4.90 Å². The summed E-state index contributed by atoms with van der Waals surface area (Å²) in [6.07, 6.45) is 3.85. The van der Waals surface area contributed by atoms with E-state index in [1.165, 1.54) is 11.3 Å². The Morgan fingerprint density at radius 3 is 2.92 bits per heavy atom. The molecule has 12 heavy (non-hydrogen) atoms. The van der Waals surface area contributed by atoms with Gasteiger partial charge in [0.2, 0.25) is 0 Å². The first-order valence-electron chi connectivity index (χ1n) is 3.99. The number of likely N-dealkylation sites (tertiary alicyclic amines) is 1. The Bertz CT molecular complexity index is 265. The predicted molar refractivity (Wildman–Crippen MR) is 46.1 cm³/mol. The van der Waals surface area contributed by atoms with Gasteiger partial charge in [0.1, 0.15) is 4.88 Å². The Morgan fingerprint density at radius 2 is 2.33 bits per heavy atom. The Kier molecular flexibility index (Phi) is 2.08. The number of rotatable bonds is 1. The Morgan fingerprint density at radius 1 is 1.58 bits per heavy atom. The van der Waals surface area contributed by atoms with E-state index < -0.39 is 0 Å². The number of aromatic nitrogens is 1. The largest absolute Gasteiger partial charge is 0.338 e. The molecule has 0 aliphatic carbocycles. The van der Waals surface area contributed by atoms with Crippen molar-refractivity contribution in [1.29, 1.82) is 0 Å². The van der Waals surface area contributed by atoms with Crippen LogP contribution in [0.2, 0.25) is 0 Å². The molecule has 63 valence electrons. The van der Waals surface area contributed by atoms with Crippen molar-refractivity contribution in [3.63, 3.8) is 0 Å². The Labute approximate surface area is 75.0 Å². The topological polar surface area (TPSA) is 33.2 Å². The van der Waals surface area contributed by atoms with E-state index in [4.69, 9.17) is 0 Å². The summed E-state index contributed by atoms with van der Waals surface area (Å²) in [4.78, 5) is 17.9. The van der Waals surface area contributed by atoms with E-state index >= 15 is 0 Å². The fourth-order valence-corrected chi connectivity index (χ4v) is 1.89. The number of amides is 1. The quantitative estimate of drug-likeness (QED) is 0.651. The molecule has 1 aromatic rings. The number of carbonyl (C=O) groups is 1. The lowest BCUT2D eigenvalue weighted by Crippen LogP contribution is -2.26. The summed E-state index contributed by atoms with van der Waals surface area (Å²) in [6, 6.07) is 0. The van der Waals surface area contributed by atoms with Crippen LogP contribution in [0.25, 0.3) is 0 Å². The van der Waals surface area contributed by atoms with Crippen LogP contribution in [0.1, 0.15) is 22.5 Å². The molecule has 0 atom stereocenters. The van der Waals surface area contributed by atoms with Gasteiger partial charge in [-0.1, -0.05) is 0 Å². The van der Waals surface area contributed by atoms with Crippen LogP contribution in [0.4, 0.5) is 0 Å².